The number of anilines is 3. The Kier molecular flexibility index (Phi) is 8.86. The summed E-state index contributed by atoms with van der Waals surface area (Å²) in [5.74, 6) is -0.646. The van der Waals surface area contributed by atoms with Crippen molar-refractivity contribution in [3.05, 3.63) is 52.5 Å². The molecule has 2 N–H and O–H groups in total. The predicted octanol–water partition coefficient (Wildman–Crippen LogP) is 5.41. The van der Waals surface area contributed by atoms with Gasteiger partial charge in [-0.15, -0.1) is 0 Å². The Morgan fingerprint density at radius 2 is 1.49 bits per heavy atom. The fourth-order valence-electron chi connectivity index (χ4n) is 3.56. The highest BCUT2D eigenvalue weighted by atomic mass is 35.5. The summed E-state index contributed by atoms with van der Waals surface area (Å²) in [6, 6.07) is 12.3. The van der Waals surface area contributed by atoms with Gasteiger partial charge < -0.3 is 25.2 Å². The predicted molar refractivity (Wildman–Crippen MR) is 139 cm³/mol. The van der Waals surface area contributed by atoms with Gasteiger partial charge in [0.2, 0.25) is 5.91 Å². The first-order valence-corrected chi connectivity index (χ1v) is 12.1. The summed E-state index contributed by atoms with van der Waals surface area (Å²) in [5.41, 5.74) is 1.48. The van der Waals surface area contributed by atoms with Crippen LogP contribution >= 0.6 is 23.2 Å². The Hall–Kier alpha value is -2.97. The maximum absolute atomic E-state index is 12.6. The number of carbonyl (C=O) groups is 3. The topological polar surface area (TPSA) is 91.0 Å². The molecule has 0 saturated carbocycles. The fraction of sp³-hybridized carbons (Fsp3) is 0.400. The molecule has 2 aromatic carbocycles. The van der Waals surface area contributed by atoms with Crippen LogP contribution in [0.15, 0.2) is 42.5 Å². The third-order valence-electron chi connectivity index (χ3n) is 5.25. The number of para-hydroxylation sites is 1. The molecule has 2 aromatic rings. The quantitative estimate of drug-likeness (QED) is 0.497. The van der Waals surface area contributed by atoms with Crippen LogP contribution in [-0.2, 0) is 14.3 Å². The van der Waals surface area contributed by atoms with Crippen LogP contribution in [0.2, 0.25) is 10.0 Å². The Morgan fingerprint density at radius 1 is 0.886 bits per heavy atom. The van der Waals surface area contributed by atoms with Crippen molar-refractivity contribution >= 4 is 58.2 Å². The summed E-state index contributed by atoms with van der Waals surface area (Å²) in [5, 5.41) is 6.37. The summed E-state index contributed by atoms with van der Waals surface area (Å²) in [6.45, 7) is 7.76. The van der Waals surface area contributed by atoms with E-state index in [4.69, 9.17) is 27.9 Å². The lowest BCUT2D eigenvalue weighted by Gasteiger charge is -2.36. The van der Waals surface area contributed by atoms with Crippen molar-refractivity contribution in [2.24, 2.45) is 0 Å². The van der Waals surface area contributed by atoms with Gasteiger partial charge in [-0.05, 0) is 57.2 Å². The van der Waals surface area contributed by atoms with Crippen LogP contribution in [0.3, 0.4) is 0 Å². The molecule has 0 spiro atoms. The summed E-state index contributed by atoms with van der Waals surface area (Å²) in [6.07, 6.45) is 0.0851. The van der Waals surface area contributed by atoms with Gasteiger partial charge in [-0.25, -0.2) is 4.79 Å². The monoisotopic (exact) mass is 520 g/mol. The van der Waals surface area contributed by atoms with Gasteiger partial charge in [0.1, 0.15) is 5.60 Å². The first kappa shape index (κ1) is 26.6. The average molecular weight is 521 g/mol. The number of hydrogen-bond donors (Lipinski definition) is 2. The van der Waals surface area contributed by atoms with Crippen molar-refractivity contribution in [3.63, 3.8) is 0 Å². The molecular formula is C25H30Cl2N4O4. The summed E-state index contributed by atoms with van der Waals surface area (Å²) in [7, 11) is 0. The minimum atomic E-state index is -0.567. The van der Waals surface area contributed by atoms with Crippen LogP contribution in [0, 0.1) is 0 Å². The summed E-state index contributed by atoms with van der Waals surface area (Å²) in [4.78, 5) is 40.4. The van der Waals surface area contributed by atoms with Crippen molar-refractivity contribution in [2.45, 2.75) is 39.2 Å². The number of nitrogens with one attached hydrogen (secondary N) is 2. The Balaban J connectivity index is 1.45. The summed E-state index contributed by atoms with van der Waals surface area (Å²) >= 11 is 12.3. The number of nitrogens with zero attached hydrogens (tertiary/aromatic N) is 2. The average Bonchev–Trinajstić information content (AvgIpc) is 2.80. The minimum absolute atomic E-state index is 0.0295. The maximum Gasteiger partial charge on any atom is 0.322 e. The lowest BCUT2D eigenvalue weighted by atomic mass is 10.2. The van der Waals surface area contributed by atoms with Crippen molar-refractivity contribution in [1.82, 2.24) is 4.90 Å². The lowest BCUT2D eigenvalue weighted by Crippen LogP contribution is -2.50. The molecule has 35 heavy (non-hydrogen) atoms. The minimum Gasteiger partial charge on any atom is -0.460 e. The van der Waals surface area contributed by atoms with E-state index in [2.05, 4.69) is 15.5 Å². The van der Waals surface area contributed by atoms with Gasteiger partial charge in [-0.3, -0.25) is 9.59 Å². The molecule has 1 fully saturated rings. The van der Waals surface area contributed by atoms with Crippen molar-refractivity contribution < 1.29 is 19.1 Å². The van der Waals surface area contributed by atoms with Crippen molar-refractivity contribution in [3.8, 4) is 0 Å². The second-order valence-corrected chi connectivity index (χ2v) is 10.00. The van der Waals surface area contributed by atoms with Gasteiger partial charge in [0.05, 0.1) is 22.2 Å². The molecule has 0 unspecified atom stereocenters. The standard InChI is InChI=1S/C25H30Cl2N4O4/c1-25(2,3)35-22(33)12-11-21(32)28-17-7-9-18(10-8-17)30-13-15-31(16-14-30)24(34)29-23-19(26)5-4-6-20(23)27/h4-10H,11-16H2,1-3H3,(H,28,32)(H,29,34). The van der Waals surface area contributed by atoms with Crippen LogP contribution in [0.25, 0.3) is 0 Å². The molecule has 3 rings (SSSR count). The lowest BCUT2D eigenvalue weighted by molar-refractivity contribution is -0.155. The highest BCUT2D eigenvalue weighted by Gasteiger charge is 2.23. The number of rotatable bonds is 6. The van der Waals surface area contributed by atoms with Crippen LogP contribution < -0.4 is 15.5 Å². The van der Waals surface area contributed by atoms with Crippen molar-refractivity contribution in [1.29, 1.82) is 0 Å². The van der Waals surface area contributed by atoms with Crippen LogP contribution in [0.4, 0.5) is 21.9 Å². The second kappa shape index (κ2) is 11.6. The molecule has 0 radical (unpaired) electrons. The second-order valence-electron chi connectivity index (χ2n) is 9.18. The van der Waals surface area contributed by atoms with Gasteiger partial charge in [0.15, 0.2) is 0 Å². The van der Waals surface area contributed by atoms with E-state index in [-0.39, 0.29) is 24.8 Å². The van der Waals surface area contributed by atoms with Gasteiger partial charge in [-0.1, -0.05) is 29.3 Å². The van der Waals surface area contributed by atoms with Gasteiger partial charge in [-0.2, -0.15) is 0 Å². The molecular weight excluding hydrogens is 491 g/mol. The maximum atomic E-state index is 12.6. The normalized spacial score (nSPS) is 13.9. The number of ether oxygens (including phenoxy) is 1. The Labute approximate surface area is 215 Å². The van der Waals surface area contributed by atoms with Crippen molar-refractivity contribution in [2.75, 3.05) is 41.7 Å². The highest BCUT2D eigenvalue weighted by molar-refractivity contribution is 6.39. The summed E-state index contributed by atoms with van der Waals surface area (Å²) < 4.78 is 5.22. The molecule has 1 aliphatic heterocycles. The number of hydrogen-bond acceptors (Lipinski definition) is 5. The smallest absolute Gasteiger partial charge is 0.322 e. The number of esters is 1. The Bertz CT molecular complexity index is 1040. The SMILES string of the molecule is CC(C)(C)OC(=O)CCC(=O)Nc1ccc(N2CCN(C(=O)Nc3c(Cl)cccc3Cl)CC2)cc1. The van der Waals surface area contributed by atoms with E-state index in [1.54, 1.807) is 43.9 Å². The molecule has 1 aliphatic rings. The Morgan fingerprint density at radius 3 is 2.06 bits per heavy atom. The molecule has 1 heterocycles. The zero-order chi connectivity index (χ0) is 25.6. The number of amides is 3. The molecule has 0 aliphatic carbocycles. The van der Waals surface area contributed by atoms with Crippen LogP contribution in [0.5, 0.6) is 0 Å². The number of carbonyl (C=O) groups excluding carboxylic acids is 3. The zero-order valence-electron chi connectivity index (χ0n) is 20.1. The van der Waals surface area contributed by atoms with E-state index in [0.717, 1.165) is 5.69 Å². The van der Waals surface area contributed by atoms with Gasteiger partial charge in [0.25, 0.3) is 0 Å². The largest absolute Gasteiger partial charge is 0.460 e. The van der Waals surface area contributed by atoms with E-state index < -0.39 is 11.6 Å². The van der Waals surface area contributed by atoms with Crippen LogP contribution in [0.1, 0.15) is 33.6 Å². The van der Waals surface area contributed by atoms with E-state index in [0.29, 0.717) is 47.6 Å². The third kappa shape index (κ3) is 8.04. The molecule has 8 nitrogen and oxygen atoms in total. The molecule has 0 bridgehead atoms. The molecule has 0 atom stereocenters. The first-order chi connectivity index (χ1) is 16.5. The molecule has 188 valence electrons. The van der Waals surface area contributed by atoms with E-state index in [1.807, 2.05) is 24.3 Å². The van der Waals surface area contributed by atoms with E-state index in [1.165, 1.54) is 0 Å². The highest BCUT2D eigenvalue weighted by Crippen LogP contribution is 2.30. The zero-order valence-corrected chi connectivity index (χ0v) is 21.6. The molecule has 3 amide bonds. The number of urea groups is 1. The molecule has 10 heteroatoms. The third-order valence-corrected chi connectivity index (χ3v) is 5.88. The van der Waals surface area contributed by atoms with E-state index in [9.17, 15) is 14.4 Å². The molecule has 0 aromatic heterocycles. The fourth-order valence-corrected chi connectivity index (χ4v) is 4.05. The number of piperazine rings is 1. The number of halogens is 2. The molecule has 1 saturated heterocycles. The number of benzene rings is 2. The van der Waals surface area contributed by atoms with E-state index >= 15 is 0 Å². The van der Waals surface area contributed by atoms with Gasteiger partial charge >= 0.3 is 12.0 Å². The first-order valence-electron chi connectivity index (χ1n) is 11.4. The van der Waals surface area contributed by atoms with Crippen LogP contribution in [-0.4, -0.2) is 54.6 Å². The van der Waals surface area contributed by atoms with Gasteiger partial charge in [0, 0.05) is 44.0 Å².